The van der Waals surface area contributed by atoms with E-state index in [4.69, 9.17) is 0 Å². The lowest BCUT2D eigenvalue weighted by molar-refractivity contribution is -0.124. The number of thioether (sulfide) groups is 1. The van der Waals surface area contributed by atoms with Crippen molar-refractivity contribution in [3.63, 3.8) is 0 Å². The Hall–Kier alpha value is -1.49. The van der Waals surface area contributed by atoms with E-state index >= 15 is 0 Å². The molecule has 4 nitrogen and oxygen atoms in total. The average Bonchev–Trinajstić information content (AvgIpc) is 2.65. The summed E-state index contributed by atoms with van der Waals surface area (Å²) >= 11 is 1.47. The van der Waals surface area contributed by atoms with Gasteiger partial charge in [0, 0.05) is 16.5 Å². The van der Waals surface area contributed by atoms with E-state index in [2.05, 4.69) is 17.6 Å². The van der Waals surface area contributed by atoms with Crippen LogP contribution in [0.3, 0.4) is 0 Å². The van der Waals surface area contributed by atoms with Crippen LogP contribution in [0.4, 0.5) is 0 Å². The van der Waals surface area contributed by atoms with E-state index in [1.807, 2.05) is 31.2 Å². The molecule has 5 rings (SSSR count). The van der Waals surface area contributed by atoms with Crippen molar-refractivity contribution in [3.8, 4) is 0 Å². The van der Waals surface area contributed by atoms with Gasteiger partial charge in [-0.3, -0.25) is 9.59 Å². The standard InChI is InChI=1S/C23H32N2O2S/c1-3-15(2)24-22(27)19-6-4-5-7-20(19)28-14-21(26)25-23-11-16-8-17(12-23)10-18(9-16)13-23/h4-7,15-18H,3,8-14H2,1-2H3,(H,24,27)(H,25,26)/t15-,16?,17?,18?,23?/m0/s1. The number of hydrogen-bond donors (Lipinski definition) is 2. The highest BCUT2D eigenvalue weighted by Crippen LogP contribution is 2.55. The molecule has 0 radical (unpaired) electrons. The Balaban J connectivity index is 1.36. The van der Waals surface area contributed by atoms with Crippen molar-refractivity contribution < 1.29 is 9.59 Å². The smallest absolute Gasteiger partial charge is 0.252 e. The third kappa shape index (κ3) is 4.24. The van der Waals surface area contributed by atoms with Gasteiger partial charge in [0.15, 0.2) is 0 Å². The van der Waals surface area contributed by atoms with Gasteiger partial charge in [-0.2, -0.15) is 0 Å². The Bertz CT molecular complexity index is 713. The minimum Gasteiger partial charge on any atom is -0.350 e. The van der Waals surface area contributed by atoms with E-state index in [1.54, 1.807) is 0 Å². The molecule has 4 aliphatic carbocycles. The van der Waals surface area contributed by atoms with Crippen LogP contribution in [-0.2, 0) is 4.79 Å². The quantitative estimate of drug-likeness (QED) is 0.667. The van der Waals surface area contributed by atoms with Crippen LogP contribution in [0, 0.1) is 17.8 Å². The Kier molecular flexibility index (Phi) is 5.73. The Morgan fingerprint density at radius 1 is 1.11 bits per heavy atom. The molecule has 0 saturated heterocycles. The second-order valence-corrected chi connectivity index (χ2v) is 10.3. The summed E-state index contributed by atoms with van der Waals surface area (Å²) in [5.74, 6) is 2.90. The zero-order chi connectivity index (χ0) is 19.7. The first kappa shape index (κ1) is 19.8. The summed E-state index contributed by atoms with van der Waals surface area (Å²) in [5.41, 5.74) is 0.718. The van der Waals surface area contributed by atoms with E-state index in [0.29, 0.717) is 11.3 Å². The summed E-state index contributed by atoms with van der Waals surface area (Å²) in [6, 6.07) is 7.74. The second-order valence-electron chi connectivity index (χ2n) is 9.31. The van der Waals surface area contributed by atoms with Crippen LogP contribution in [0.1, 0.15) is 69.2 Å². The van der Waals surface area contributed by atoms with Crippen molar-refractivity contribution in [2.45, 2.75) is 75.3 Å². The molecule has 4 bridgehead atoms. The number of amides is 2. The van der Waals surface area contributed by atoms with Crippen molar-refractivity contribution in [2.75, 3.05) is 5.75 Å². The number of carbonyl (C=O) groups excluding carboxylic acids is 2. The first-order chi connectivity index (χ1) is 13.5. The lowest BCUT2D eigenvalue weighted by Gasteiger charge is -2.56. The van der Waals surface area contributed by atoms with E-state index in [9.17, 15) is 9.59 Å². The lowest BCUT2D eigenvalue weighted by Crippen LogP contribution is -2.60. The highest BCUT2D eigenvalue weighted by molar-refractivity contribution is 8.00. The molecule has 1 aromatic carbocycles. The van der Waals surface area contributed by atoms with Crippen LogP contribution in [0.5, 0.6) is 0 Å². The molecule has 1 atom stereocenters. The number of carbonyl (C=O) groups is 2. The van der Waals surface area contributed by atoms with Gasteiger partial charge in [0.25, 0.3) is 5.91 Å². The number of hydrogen-bond acceptors (Lipinski definition) is 3. The monoisotopic (exact) mass is 400 g/mol. The maximum absolute atomic E-state index is 12.8. The van der Waals surface area contributed by atoms with Crippen LogP contribution in [-0.4, -0.2) is 29.1 Å². The number of benzene rings is 1. The van der Waals surface area contributed by atoms with Crippen molar-refractivity contribution in [1.82, 2.24) is 10.6 Å². The van der Waals surface area contributed by atoms with Crippen LogP contribution in [0.25, 0.3) is 0 Å². The molecule has 1 aromatic rings. The van der Waals surface area contributed by atoms with E-state index in [1.165, 1.54) is 50.3 Å². The summed E-state index contributed by atoms with van der Waals surface area (Å²) in [6.07, 6.45) is 8.54. The summed E-state index contributed by atoms with van der Waals surface area (Å²) in [6.45, 7) is 4.06. The summed E-state index contributed by atoms with van der Waals surface area (Å²) in [7, 11) is 0. The van der Waals surface area contributed by atoms with Crippen LogP contribution >= 0.6 is 11.8 Å². The first-order valence-electron chi connectivity index (χ1n) is 10.8. The van der Waals surface area contributed by atoms with Gasteiger partial charge in [-0.15, -0.1) is 11.8 Å². The Morgan fingerprint density at radius 3 is 2.32 bits per heavy atom. The third-order valence-corrected chi connectivity index (χ3v) is 8.00. The van der Waals surface area contributed by atoms with Gasteiger partial charge in [0.1, 0.15) is 0 Å². The molecule has 0 spiro atoms. The zero-order valence-corrected chi connectivity index (χ0v) is 17.8. The van der Waals surface area contributed by atoms with Gasteiger partial charge >= 0.3 is 0 Å². The van der Waals surface area contributed by atoms with Crippen molar-refractivity contribution >= 4 is 23.6 Å². The molecule has 28 heavy (non-hydrogen) atoms. The largest absolute Gasteiger partial charge is 0.350 e. The van der Waals surface area contributed by atoms with Crippen molar-refractivity contribution in [2.24, 2.45) is 17.8 Å². The molecular formula is C23H32N2O2S. The fraction of sp³-hybridized carbons (Fsp3) is 0.652. The van der Waals surface area contributed by atoms with E-state index in [0.717, 1.165) is 29.1 Å². The molecule has 4 saturated carbocycles. The molecule has 2 N–H and O–H groups in total. The summed E-state index contributed by atoms with van der Waals surface area (Å²) in [5, 5.41) is 6.45. The number of nitrogens with one attached hydrogen (secondary N) is 2. The molecule has 4 fully saturated rings. The minimum absolute atomic E-state index is 0.0554. The summed E-state index contributed by atoms with van der Waals surface area (Å²) < 4.78 is 0. The predicted molar refractivity (Wildman–Crippen MR) is 113 cm³/mol. The molecule has 0 heterocycles. The molecule has 0 aromatic heterocycles. The van der Waals surface area contributed by atoms with Gasteiger partial charge in [0.05, 0.1) is 11.3 Å². The molecule has 2 amide bonds. The van der Waals surface area contributed by atoms with E-state index < -0.39 is 0 Å². The Labute approximate surface area is 172 Å². The molecule has 0 unspecified atom stereocenters. The predicted octanol–water partition coefficient (Wildman–Crippen LogP) is 4.39. The van der Waals surface area contributed by atoms with Gasteiger partial charge in [-0.25, -0.2) is 0 Å². The molecule has 5 heteroatoms. The fourth-order valence-electron chi connectivity index (χ4n) is 5.92. The third-order valence-electron chi connectivity index (χ3n) is 6.92. The van der Waals surface area contributed by atoms with Crippen LogP contribution in [0.2, 0.25) is 0 Å². The fourth-order valence-corrected chi connectivity index (χ4v) is 6.77. The van der Waals surface area contributed by atoms with Crippen molar-refractivity contribution in [1.29, 1.82) is 0 Å². The maximum Gasteiger partial charge on any atom is 0.252 e. The minimum atomic E-state index is -0.0565. The highest BCUT2D eigenvalue weighted by atomic mass is 32.2. The lowest BCUT2D eigenvalue weighted by atomic mass is 9.53. The van der Waals surface area contributed by atoms with Crippen LogP contribution in [0.15, 0.2) is 29.2 Å². The van der Waals surface area contributed by atoms with Crippen molar-refractivity contribution in [3.05, 3.63) is 29.8 Å². The van der Waals surface area contributed by atoms with E-state index in [-0.39, 0.29) is 23.4 Å². The summed E-state index contributed by atoms with van der Waals surface area (Å²) in [4.78, 5) is 26.2. The molecule has 152 valence electrons. The van der Waals surface area contributed by atoms with Gasteiger partial charge in [-0.05, 0) is 81.8 Å². The molecule has 4 aliphatic rings. The van der Waals surface area contributed by atoms with Gasteiger partial charge < -0.3 is 10.6 Å². The average molecular weight is 401 g/mol. The maximum atomic E-state index is 12.8. The second kappa shape index (κ2) is 8.10. The number of rotatable bonds is 7. The molecule has 0 aliphatic heterocycles. The van der Waals surface area contributed by atoms with Crippen LogP contribution < -0.4 is 10.6 Å². The highest BCUT2D eigenvalue weighted by Gasteiger charge is 2.51. The Morgan fingerprint density at radius 2 is 1.71 bits per heavy atom. The first-order valence-corrected chi connectivity index (χ1v) is 11.8. The zero-order valence-electron chi connectivity index (χ0n) is 17.0. The molecular weight excluding hydrogens is 368 g/mol. The van der Waals surface area contributed by atoms with Gasteiger partial charge in [0.2, 0.25) is 5.91 Å². The van der Waals surface area contributed by atoms with Gasteiger partial charge in [-0.1, -0.05) is 19.1 Å². The SMILES string of the molecule is CC[C@H](C)NC(=O)c1ccccc1SCC(=O)NC12CC3CC(CC(C3)C1)C2. The topological polar surface area (TPSA) is 58.2 Å². The normalized spacial score (nSPS) is 31.4.